The van der Waals surface area contributed by atoms with Gasteiger partial charge in [0.1, 0.15) is 16.5 Å². The van der Waals surface area contributed by atoms with Crippen LogP contribution in [0.5, 0.6) is 0 Å². The minimum atomic E-state index is -1.72. The summed E-state index contributed by atoms with van der Waals surface area (Å²) in [6.45, 7) is 5.96. The van der Waals surface area contributed by atoms with Crippen LogP contribution in [0.25, 0.3) is 10.9 Å². The van der Waals surface area contributed by atoms with Crippen molar-refractivity contribution in [1.82, 2.24) is 14.8 Å². The van der Waals surface area contributed by atoms with Crippen LogP contribution in [0.2, 0.25) is 5.02 Å². The first kappa shape index (κ1) is 30.2. The predicted octanol–water partition coefficient (Wildman–Crippen LogP) is 4.89. The number of amides is 1. The first-order valence-electron chi connectivity index (χ1n) is 12.7. The molecular weight excluding hydrogens is 613 g/mol. The van der Waals surface area contributed by atoms with Crippen LogP contribution in [-0.2, 0) is 19.7 Å². The molecule has 1 unspecified atom stereocenters. The summed E-state index contributed by atoms with van der Waals surface area (Å²) in [7, 11) is 4.97. The molecule has 0 spiro atoms. The second-order valence-corrected chi connectivity index (χ2v) is 12.6. The van der Waals surface area contributed by atoms with Gasteiger partial charge in [0.2, 0.25) is 5.82 Å². The highest BCUT2D eigenvalue weighted by Gasteiger charge is 2.53. The van der Waals surface area contributed by atoms with Gasteiger partial charge in [-0.2, -0.15) is 0 Å². The van der Waals surface area contributed by atoms with Crippen molar-refractivity contribution in [3.63, 3.8) is 0 Å². The number of nitrogens with zero attached hydrogens (tertiary/aromatic N) is 5. The average molecular weight is 645 g/mol. The molecule has 1 aromatic carbocycles. The number of likely N-dealkylation sites (tertiary alicyclic amines) is 1. The summed E-state index contributed by atoms with van der Waals surface area (Å²) in [6, 6.07) is 1.47. The van der Waals surface area contributed by atoms with Crippen LogP contribution in [0.3, 0.4) is 0 Å². The van der Waals surface area contributed by atoms with E-state index in [1.807, 2.05) is 19.0 Å². The number of rotatable bonds is 5. The third-order valence-electron chi connectivity index (χ3n) is 7.35. The van der Waals surface area contributed by atoms with Crippen molar-refractivity contribution >= 4 is 62.0 Å². The number of benzene rings is 1. The van der Waals surface area contributed by atoms with Gasteiger partial charge in [0.05, 0.1) is 27.1 Å². The standard InChI is InChI=1S/C26H32BrClFN5O6/c1-25(2,3)40-24(36)32-9-7-8-26(13-32,23(35)39-6)17-15-10-16(28)18(27)19(29)20(15)30-22(21(17)34(37)38)33-11-14(12-33)31(4)5/h10,14H,7-9,11-13H2,1-6H3. The molecule has 4 rings (SSSR count). The second kappa shape index (κ2) is 10.9. The number of hydrogen-bond donors (Lipinski definition) is 0. The summed E-state index contributed by atoms with van der Waals surface area (Å²) in [6.07, 6.45) is -0.261. The molecule has 0 radical (unpaired) electrons. The number of methoxy groups -OCH3 is 1. The molecular formula is C26H32BrClFN5O6. The van der Waals surface area contributed by atoms with Gasteiger partial charge in [0.25, 0.3) is 0 Å². The minimum absolute atomic E-state index is 0.00210. The molecule has 0 aliphatic carbocycles. The summed E-state index contributed by atoms with van der Waals surface area (Å²) in [5.74, 6) is -1.67. The zero-order valence-corrected chi connectivity index (χ0v) is 25.6. The number of likely N-dealkylation sites (N-methyl/N-ethyl adjacent to an activating group) is 1. The maximum Gasteiger partial charge on any atom is 0.410 e. The number of anilines is 1. The summed E-state index contributed by atoms with van der Waals surface area (Å²) < 4.78 is 26.4. The van der Waals surface area contributed by atoms with E-state index >= 15 is 4.39 Å². The average Bonchev–Trinajstić information content (AvgIpc) is 2.84. The molecule has 2 aliphatic rings. The van der Waals surface area contributed by atoms with Crippen molar-refractivity contribution in [1.29, 1.82) is 0 Å². The van der Waals surface area contributed by atoms with E-state index in [4.69, 9.17) is 21.1 Å². The molecule has 1 aromatic heterocycles. The quantitative estimate of drug-likeness (QED) is 0.194. The number of fused-ring (bicyclic) bond motifs is 1. The number of pyridine rings is 1. The van der Waals surface area contributed by atoms with Crippen LogP contribution in [0, 0.1) is 15.9 Å². The maximum atomic E-state index is 15.7. The Morgan fingerprint density at radius 2 is 1.98 bits per heavy atom. The Kier molecular flexibility index (Phi) is 8.23. The molecule has 2 saturated heterocycles. The number of ether oxygens (including phenoxy) is 2. The van der Waals surface area contributed by atoms with Crippen LogP contribution >= 0.6 is 27.5 Å². The molecule has 2 aromatic rings. The van der Waals surface area contributed by atoms with Crippen molar-refractivity contribution in [2.45, 2.75) is 50.7 Å². The molecule has 0 bridgehead atoms. The van der Waals surface area contributed by atoms with Gasteiger partial charge in [-0.1, -0.05) is 11.6 Å². The first-order valence-corrected chi connectivity index (χ1v) is 13.9. The molecule has 3 heterocycles. The number of aromatic nitrogens is 1. The number of esters is 1. The Morgan fingerprint density at radius 1 is 1.32 bits per heavy atom. The number of piperidine rings is 1. The van der Waals surface area contributed by atoms with Gasteiger partial charge >= 0.3 is 17.7 Å². The monoisotopic (exact) mass is 643 g/mol. The third-order valence-corrected chi connectivity index (χ3v) is 8.65. The Balaban J connectivity index is 2.03. The fourth-order valence-electron chi connectivity index (χ4n) is 5.32. The van der Waals surface area contributed by atoms with Crippen LogP contribution < -0.4 is 4.90 Å². The maximum absolute atomic E-state index is 15.7. The molecule has 11 nitrogen and oxygen atoms in total. The van der Waals surface area contributed by atoms with E-state index < -0.39 is 39.5 Å². The normalized spacial score (nSPS) is 20.1. The SMILES string of the molecule is COC(=O)C1(c2c([N+](=O)[O-])c(N3CC(N(C)C)C3)nc3c(F)c(Br)c(Cl)cc23)CCCN(C(=O)OC(C)(C)C)C1. The highest BCUT2D eigenvalue weighted by atomic mass is 79.9. The number of carbonyl (C=O) groups excluding carboxylic acids is 2. The number of carbonyl (C=O) groups is 2. The third kappa shape index (κ3) is 5.30. The van der Waals surface area contributed by atoms with Crippen LogP contribution in [0.1, 0.15) is 39.2 Å². The predicted molar refractivity (Wildman–Crippen MR) is 151 cm³/mol. The van der Waals surface area contributed by atoms with Gasteiger partial charge in [0, 0.05) is 37.6 Å². The van der Waals surface area contributed by atoms with E-state index in [-0.39, 0.29) is 57.3 Å². The van der Waals surface area contributed by atoms with E-state index in [1.165, 1.54) is 18.1 Å². The van der Waals surface area contributed by atoms with Gasteiger partial charge in [-0.15, -0.1) is 0 Å². The highest BCUT2D eigenvalue weighted by Crippen LogP contribution is 2.49. The van der Waals surface area contributed by atoms with Crippen molar-refractivity contribution < 1.29 is 28.4 Å². The molecule has 1 amide bonds. The van der Waals surface area contributed by atoms with Gasteiger partial charge in [-0.3, -0.25) is 14.9 Å². The molecule has 0 N–H and O–H groups in total. The van der Waals surface area contributed by atoms with Gasteiger partial charge in [-0.25, -0.2) is 14.2 Å². The Bertz CT molecular complexity index is 1380. The molecule has 2 aliphatic heterocycles. The fourth-order valence-corrected chi connectivity index (χ4v) is 5.82. The lowest BCUT2D eigenvalue weighted by Gasteiger charge is -2.44. The minimum Gasteiger partial charge on any atom is -0.468 e. The van der Waals surface area contributed by atoms with Crippen LogP contribution in [-0.4, -0.2) is 90.8 Å². The summed E-state index contributed by atoms with van der Waals surface area (Å²) in [5, 5.41) is 12.8. The topological polar surface area (TPSA) is 118 Å². The molecule has 218 valence electrons. The van der Waals surface area contributed by atoms with E-state index in [9.17, 15) is 19.7 Å². The Hall–Kier alpha value is -2.77. The number of hydrogen-bond acceptors (Lipinski definition) is 9. The van der Waals surface area contributed by atoms with Gasteiger partial charge in [0.15, 0.2) is 5.82 Å². The van der Waals surface area contributed by atoms with Crippen molar-refractivity contribution in [2.75, 3.05) is 52.3 Å². The van der Waals surface area contributed by atoms with E-state index in [0.29, 0.717) is 19.5 Å². The summed E-state index contributed by atoms with van der Waals surface area (Å²) in [5.41, 5.74) is -3.25. The number of halogens is 3. The lowest BCUT2D eigenvalue weighted by Crippen LogP contribution is -2.58. The second-order valence-electron chi connectivity index (χ2n) is 11.4. The first-order chi connectivity index (χ1) is 18.6. The van der Waals surface area contributed by atoms with Crippen molar-refractivity contribution in [3.05, 3.63) is 37.1 Å². The van der Waals surface area contributed by atoms with Gasteiger partial charge < -0.3 is 24.2 Å². The Labute approximate surface area is 244 Å². The summed E-state index contributed by atoms with van der Waals surface area (Å²) in [4.78, 5) is 48.5. The van der Waals surface area contributed by atoms with E-state index in [1.54, 1.807) is 25.7 Å². The molecule has 0 saturated carbocycles. The molecule has 2 fully saturated rings. The smallest absolute Gasteiger partial charge is 0.410 e. The van der Waals surface area contributed by atoms with Crippen LogP contribution in [0.4, 0.5) is 20.7 Å². The van der Waals surface area contributed by atoms with Crippen molar-refractivity contribution in [3.8, 4) is 0 Å². The zero-order chi connectivity index (χ0) is 29.7. The molecule has 40 heavy (non-hydrogen) atoms. The number of nitro groups is 1. The van der Waals surface area contributed by atoms with E-state index in [2.05, 4.69) is 20.9 Å². The lowest BCUT2D eigenvalue weighted by atomic mass is 9.72. The van der Waals surface area contributed by atoms with Crippen LogP contribution in [0.15, 0.2) is 10.5 Å². The highest BCUT2D eigenvalue weighted by molar-refractivity contribution is 9.10. The van der Waals surface area contributed by atoms with Gasteiger partial charge in [-0.05, 0) is 69.7 Å². The molecule has 14 heteroatoms. The largest absolute Gasteiger partial charge is 0.468 e. The molecule has 1 atom stereocenters. The summed E-state index contributed by atoms with van der Waals surface area (Å²) >= 11 is 9.48. The fraction of sp³-hybridized carbons (Fsp3) is 0.577. The van der Waals surface area contributed by atoms with E-state index in [0.717, 1.165) is 0 Å². The zero-order valence-electron chi connectivity index (χ0n) is 23.2. The van der Waals surface area contributed by atoms with Crippen molar-refractivity contribution in [2.24, 2.45) is 0 Å². The lowest BCUT2D eigenvalue weighted by molar-refractivity contribution is -0.385. The Morgan fingerprint density at radius 3 is 2.52 bits per heavy atom.